The van der Waals surface area contributed by atoms with Gasteiger partial charge in [-0.2, -0.15) is 13.2 Å². The van der Waals surface area contributed by atoms with Crippen molar-refractivity contribution >= 4 is 23.2 Å². The summed E-state index contributed by atoms with van der Waals surface area (Å²) < 4.78 is 65.0. The predicted molar refractivity (Wildman–Crippen MR) is 120 cm³/mol. The number of anilines is 3. The van der Waals surface area contributed by atoms with Crippen LogP contribution >= 0.6 is 0 Å². The van der Waals surface area contributed by atoms with E-state index < -0.39 is 23.5 Å². The summed E-state index contributed by atoms with van der Waals surface area (Å²) in [6, 6.07) is 11.7. The van der Waals surface area contributed by atoms with Crippen molar-refractivity contribution in [1.82, 2.24) is 4.98 Å². The number of nitrogens with one attached hydrogen (secondary N) is 3. The molecule has 3 rings (SSSR count). The monoisotopic (exact) mass is 478 g/mol. The fourth-order valence-electron chi connectivity index (χ4n) is 3.11. The number of hydrogen-bond donors (Lipinski definition) is 3. The van der Waals surface area contributed by atoms with Crippen LogP contribution in [-0.2, 0) is 23.9 Å². The Kier molecular flexibility index (Phi) is 8.04. The van der Waals surface area contributed by atoms with Crippen LogP contribution in [0.3, 0.4) is 0 Å². The Morgan fingerprint density at radius 3 is 2.29 bits per heavy atom. The largest absolute Gasteiger partial charge is 0.419 e. The van der Waals surface area contributed by atoms with E-state index in [2.05, 4.69) is 20.9 Å². The molecule has 2 aromatic carbocycles. The molecule has 3 N–H and O–H groups in total. The molecule has 1 amide bonds. The van der Waals surface area contributed by atoms with Gasteiger partial charge in [0.1, 0.15) is 17.5 Å². The van der Waals surface area contributed by atoms with Gasteiger partial charge in [0, 0.05) is 13.1 Å². The van der Waals surface area contributed by atoms with Crippen LogP contribution in [0.5, 0.6) is 0 Å². The van der Waals surface area contributed by atoms with Crippen LogP contribution in [0.4, 0.5) is 39.3 Å². The van der Waals surface area contributed by atoms with E-state index in [1.54, 1.807) is 24.3 Å². The highest BCUT2D eigenvalue weighted by Crippen LogP contribution is 2.31. The minimum atomic E-state index is -4.80. The number of carbonyl (C=O) groups is 1. The molecule has 0 aliphatic heterocycles. The molecule has 1 aromatic heterocycles. The molecule has 0 radical (unpaired) electrons. The van der Waals surface area contributed by atoms with Crippen molar-refractivity contribution in [3.05, 3.63) is 82.9 Å². The first kappa shape index (κ1) is 24.9. The lowest BCUT2D eigenvalue weighted by Gasteiger charge is -2.15. The number of halogens is 5. The number of rotatable bonds is 9. The first-order valence-corrected chi connectivity index (χ1v) is 10.5. The van der Waals surface area contributed by atoms with Crippen LogP contribution in [0.2, 0.25) is 0 Å². The summed E-state index contributed by atoms with van der Waals surface area (Å²) in [5.74, 6) is -1.37. The molecule has 0 fully saturated rings. The molecular formula is C24H23F5N4O. The fourth-order valence-corrected chi connectivity index (χ4v) is 3.11. The Hall–Kier alpha value is -3.69. The zero-order valence-corrected chi connectivity index (χ0v) is 18.3. The molecule has 0 spiro atoms. The lowest BCUT2D eigenvalue weighted by atomic mass is 10.1. The summed E-state index contributed by atoms with van der Waals surface area (Å²) in [7, 11) is 0. The van der Waals surface area contributed by atoms with Crippen LogP contribution < -0.4 is 16.0 Å². The van der Waals surface area contributed by atoms with Crippen LogP contribution in [0.15, 0.2) is 54.6 Å². The Bertz CT molecular complexity index is 1130. The second-order valence-corrected chi connectivity index (χ2v) is 7.54. The zero-order valence-electron chi connectivity index (χ0n) is 18.3. The number of amides is 1. The van der Waals surface area contributed by atoms with Crippen LogP contribution in [0.1, 0.15) is 30.0 Å². The lowest BCUT2D eigenvalue weighted by molar-refractivity contribution is -0.140. The van der Waals surface area contributed by atoms with Crippen molar-refractivity contribution in [2.45, 2.75) is 32.5 Å². The first-order chi connectivity index (χ1) is 16.2. The summed E-state index contributed by atoms with van der Waals surface area (Å²) in [4.78, 5) is 16.9. The molecule has 0 atom stereocenters. The zero-order chi connectivity index (χ0) is 24.7. The maximum Gasteiger partial charge on any atom is 0.419 e. The third-order valence-corrected chi connectivity index (χ3v) is 4.80. The van der Waals surface area contributed by atoms with Crippen molar-refractivity contribution in [2.24, 2.45) is 0 Å². The molecule has 0 aliphatic rings. The van der Waals surface area contributed by atoms with Crippen molar-refractivity contribution < 1.29 is 26.7 Å². The standard InChI is InChI=1S/C24H23F5N4O/c1-2-11-30-23-20(9-10-21(33-23)31-14-15-3-6-17(25)7-4-15)32-22(34)13-16-5-8-18(19(26)12-16)24(27,28)29/h3-10,12H,2,11,13-14H2,1H3,(H,32,34)(H2,30,31,33). The second-order valence-electron chi connectivity index (χ2n) is 7.54. The number of pyridine rings is 1. The predicted octanol–water partition coefficient (Wildman–Crippen LogP) is 5.99. The van der Waals surface area contributed by atoms with E-state index in [1.165, 1.54) is 12.1 Å². The van der Waals surface area contributed by atoms with Crippen molar-refractivity contribution in [1.29, 1.82) is 0 Å². The minimum Gasteiger partial charge on any atom is -0.368 e. The molecule has 0 bridgehead atoms. The van der Waals surface area contributed by atoms with Gasteiger partial charge in [0.05, 0.1) is 17.7 Å². The molecule has 0 unspecified atom stereocenters. The normalized spacial score (nSPS) is 11.2. The molecule has 0 aliphatic carbocycles. The number of aromatic nitrogens is 1. The van der Waals surface area contributed by atoms with E-state index >= 15 is 0 Å². The minimum absolute atomic E-state index is 0.108. The summed E-state index contributed by atoms with van der Waals surface area (Å²) in [5.41, 5.74) is -0.0437. The summed E-state index contributed by atoms with van der Waals surface area (Å²) in [6.45, 7) is 2.95. The third-order valence-electron chi connectivity index (χ3n) is 4.80. The molecule has 34 heavy (non-hydrogen) atoms. The summed E-state index contributed by atoms with van der Waals surface area (Å²) in [6.07, 6.45) is -4.32. The topological polar surface area (TPSA) is 66.1 Å². The summed E-state index contributed by atoms with van der Waals surface area (Å²) >= 11 is 0. The molecule has 180 valence electrons. The highest BCUT2D eigenvalue weighted by Gasteiger charge is 2.33. The van der Waals surface area contributed by atoms with Gasteiger partial charge in [-0.15, -0.1) is 0 Å². The average Bonchev–Trinajstić information content (AvgIpc) is 2.77. The molecule has 0 saturated carbocycles. The highest BCUT2D eigenvalue weighted by atomic mass is 19.4. The van der Waals surface area contributed by atoms with Gasteiger partial charge >= 0.3 is 6.18 Å². The molecule has 5 nitrogen and oxygen atoms in total. The number of nitrogens with zero attached hydrogens (tertiary/aromatic N) is 1. The molecule has 3 aromatic rings. The third kappa shape index (κ3) is 6.90. The number of hydrogen-bond acceptors (Lipinski definition) is 4. The van der Waals surface area contributed by atoms with Crippen LogP contribution in [-0.4, -0.2) is 17.4 Å². The number of alkyl halides is 3. The number of benzene rings is 2. The lowest BCUT2D eigenvalue weighted by Crippen LogP contribution is -2.17. The molecule has 0 saturated heterocycles. The van der Waals surface area contributed by atoms with Crippen molar-refractivity contribution in [3.8, 4) is 0 Å². The summed E-state index contributed by atoms with van der Waals surface area (Å²) in [5, 5.41) is 8.89. The van der Waals surface area contributed by atoms with E-state index in [4.69, 9.17) is 0 Å². The Balaban J connectivity index is 1.69. The van der Waals surface area contributed by atoms with Gasteiger partial charge < -0.3 is 16.0 Å². The fraction of sp³-hybridized carbons (Fsp3) is 0.250. The van der Waals surface area contributed by atoms with Gasteiger partial charge in [0.25, 0.3) is 0 Å². The van der Waals surface area contributed by atoms with Gasteiger partial charge in [0.15, 0.2) is 5.82 Å². The Morgan fingerprint density at radius 1 is 0.941 bits per heavy atom. The van der Waals surface area contributed by atoms with Gasteiger partial charge in [-0.25, -0.2) is 13.8 Å². The molecule has 10 heteroatoms. The van der Waals surface area contributed by atoms with Gasteiger partial charge in [-0.3, -0.25) is 4.79 Å². The van der Waals surface area contributed by atoms with Gasteiger partial charge in [-0.05, 0) is 53.9 Å². The Morgan fingerprint density at radius 2 is 1.65 bits per heavy atom. The van der Waals surface area contributed by atoms with Crippen molar-refractivity contribution in [3.63, 3.8) is 0 Å². The average molecular weight is 478 g/mol. The first-order valence-electron chi connectivity index (χ1n) is 10.5. The smallest absolute Gasteiger partial charge is 0.368 e. The van der Waals surface area contributed by atoms with Crippen molar-refractivity contribution in [2.75, 3.05) is 22.5 Å². The van der Waals surface area contributed by atoms with E-state index in [-0.39, 0.29) is 17.8 Å². The number of carbonyl (C=O) groups excluding carboxylic acids is 1. The maximum atomic E-state index is 13.8. The highest BCUT2D eigenvalue weighted by molar-refractivity contribution is 5.95. The van der Waals surface area contributed by atoms with Gasteiger partial charge in [-0.1, -0.05) is 25.1 Å². The van der Waals surface area contributed by atoms with E-state index in [1.807, 2.05) is 6.92 Å². The van der Waals surface area contributed by atoms with Crippen LogP contribution in [0, 0.1) is 11.6 Å². The quantitative estimate of drug-likeness (QED) is 0.331. The molecular weight excluding hydrogens is 455 g/mol. The van der Waals surface area contributed by atoms with E-state index in [0.29, 0.717) is 42.5 Å². The molecule has 1 heterocycles. The van der Waals surface area contributed by atoms with E-state index in [9.17, 15) is 26.7 Å². The second kappa shape index (κ2) is 11.0. The van der Waals surface area contributed by atoms with Gasteiger partial charge in [0.2, 0.25) is 5.91 Å². The maximum absolute atomic E-state index is 13.8. The Labute approximate surface area is 193 Å². The van der Waals surface area contributed by atoms with E-state index in [0.717, 1.165) is 18.1 Å². The van der Waals surface area contributed by atoms with Crippen LogP contribution in [0.25, 0.3) is 0 Å². The SMILES string of the molecule is CCCNc1nc(NCc2ccc(F)cc2)ccc1NC(=O)Cc1ccc(C(F)(F)F)c(F)c1.